The van der Waals surface area contributed by atoms with Crippen molar-refractivity contribution in [2.24, 2.45) is 0 Å². The Bertz CT molecular complexity index is 448. The molecule has 0 spiro atoms. The molecule has 5 nitrogen and oxygen atoms in total. The number of nitrogens with one attached hydrogen (secondary N) is 1. The fourth-order valence-electron chi connectivity index (χ4n) is 2.21. The van der Waals surface area contributed by atoms with Crippen LogP contribution < -0.4 is 5.32 Å². The normalized spacial score (nSPS) is 19.1. The highest BCUT2D eigenvalue weighted by atomic mass is 19.1. The van der Waals surface area contributed by atoms with E-state index in [1.54, 1.807) is 0 Å². The third-order valence-electron chi connectivity index (χ3n) is 3.21. The number of nitro groups is 1. The summed E-state index contributed by atoms with van der Waals surface area (Å²) in [5.74, 6) is -0.484. The Kier molecular flexibility index (Phi) is 4.68. The van der Waals surface area contributed by atoms with E-state index in [0.29, 0.717) is 6.54 Å². The molecule has 1 aromatic carbocycles. The number of rotatable bonds is 5. The lowest BCUT2D eigenvalue weighted by molar-refractivity contribution is -0.384. The Labute approximate surface area is 110 Å². The van der Waals surface area contributed by atoms with Gasteiger partial charge in [0.15, 0.2) is 0 Å². The average molecular weight is 268 g/mol. The van der Waals surface area contributed by atoms with E-state index in [9.17, 15) is 14.5 Å². The van der Waals surface area contributed by atoms with Crippen molar-refractivity contribution in [2.45, 2.75) is 31.8 Å². The Morgan fingerprint density at radius 1 is 1.47 bits per heavy atom. The number of anilines is 1. The van der Waals surface area contributed by atoms with Crippen LogP contribution in [0.15, 0.2) is 18.2 Å². The van der Waals surface area contributed by atoms with E-state index < -0.39 is 10.7 Å². The van der Waals surface area contributed by atoms with Crippen LogP contribution in [0, 0.1) is 15.9 Å². The third-order valence-corrected chi connectivity index (χ3v) is 3.21. The number of ether oxygens (including phenoxy) is 1. The van der Waals surface area contributed by atoms with Crippen molar-refractivity contribution in [3.8, 4) is 0 Å². The van der Waals surface area contributed by atoms with E-state index >= 15 is 0 Å². The molecule has 1 atom stereocenters. The van der Waals surface area contributed by atoms with E-state index in [2.05, 4.69) is 5.32 Å². The van der Waals surface area contributed by atoms with Crippen molar-refractivity contribution >= 4 is 11.4 Å². The summed E-state index contributed by atoms with van der Waals surface area (Å²) in [6, 6.07) is 3.42. The van der Waals surface area contributed by atoms with Gasteiger partial charge in [0.25, 0.3) is 5.69 Å². The first-order valence-corrected chi connectivity index (χ1v) is 6.46. The zero-order chi connectivity index (χ0) is 13.7. The summed E-state index contributed by atoms with van der Waals surface area (Å²) in [7, 11) is 0. The van der Waals surface area contributed by atoms with Crippen LogP contribution in [0.25, 0.3) is 0 Å². The maximum atomic E-state index is 13.1. The second-order valence-electron chi connectivity index (χ2n) is 4.62. The summed E-state index contributed by atoms with van der Waals surface area (Å²) in [5.41, 5.74) is 0.117. The van der Waals surface area contributed by atoms with Crippen LogP contribution in [0.5, 0.6) is 0 Å². The highest BCUT2D eigenvalue weighted by Gasteiger charge is 2.16. The summed E-state index contributed by atoms with van der Waals surface area (Å²) in [6.45, 7) is 1.32. The molecular formula is C13H17FN2O3. The van der Waals surface area contributed by atoms with Crippen molar-refractivity contribution in [1.82, 2.24) is 0 Å². The number of hydrogen-bond acceptors (Lipinski definition) is 4. The van der Waals surface area contributed by atoms with Crippen molar-refractivity contribution < 1.29 is 14.1 Å². The minimum Gasteiger partial charge on any atom is -0.379 e. The quantitative estimate of drug-likeness (QED) is 0.658. The Morgan fingerprint density at radius 2 is 2.32 bits per heavy atom. The van der Waals surface area contributed by atoms with Crippen molar-refractivity contribution in [2.75, 3.05) is 18.5 Å². The van der Waals surface area contributed by atoms with Gasteiger partial charge >= 0.3 is 0 Å². The second kappa shape index (κ2) is 6.47. The van der Waals surface area contributed by atoms with Crippen LogP contribution in [-0.4, -0.2) is 24.2 Å². The molecule has 1 aliphatic rings. The van der Waals surface area contributed by atoms with Gasteiger partial charge in [-0.25, -0.2) is 4.39 Å². The van der Waals surface area contributed by atoms with Crippen LogP contribution in [0.1, 0.15) is 25.7 Å². The number of hydrogen-bond donors (Lipinski definition) is 1. The van der Waals surface area contributed by atoms with Crippen molar-refractivity contribution in [1.29, 1.82) is 0 Å². The molecule has 1 aliphatic heterocycles. The summed E-state index contributed by atoms with van der Waals surface area (Å²) in [4.78, 5) is 10.3. The maximum absolute atomic E-state index is 13.1. The predicted octanol–water partition coefficient (Wildman–Crippen LogP) is 3.11. The molecule has 19 heavy (non-hydrogen) atoms. The lowest BCUT2D eigenvalue weighted by Crippen LogP contribution is -2.22. The van der Waals surface area contributed by atoms with Gasteiger partial charge in [-0.05, 0) is 31.7 Å². The van der Waals surface area contributed by atoms with E-state index in [0.717, 1.165) is 44.4 Å². The molecule has 1 aromatic rings. The predicted molar refractivity (Wildman–Crippen MR) is 69.8 cm³/mol. The largest absolute Gasteiger partial charge is 0.379 e. The molecular weight excluding hydrogens is 251 g/mol. The first kappa shape index (κ1) is 13.7. The number of nitrogens with zero attached hydrogens (tertiary/aromatic N) is 1. The number of nitro benzene ring substituents is 1. The SMILES string of the molecule is O=[N+]([O-])c1ccc(F)cc1NCCC1CCCCO1. The summed E-state index contributed by atoms with van der Waals surface area (Å²) >= 11 is 0. The number of halogens is 1. The van der Waals surface area contributed by atoms with Crippen molar-refractivity contribution in [3.05, 3.63) is 34.1 Å². The maximum Gasteiger partial charge on any atom is 0.292 e. The third kappa shape index (κ3) is 3.89. The van der Waals surface area contributed by atoms with E-state index in [1.165, 1.54) is 6.07 Å². The molecule has 0 saturated carbocycles. The molecule has 0 radical (unpaired) electrons. The van der Waals surface area contributed by atoms with Gasteiger partial charge in [-0.1, -0.05) is 0 Å². The topological polar surface area (TPSA) is 64.4 Å². The van der Waals surface area contributed by atoms with Crippen LogP contribution in [0.2, 0.25) is 0 Å². The molecule has 1 fully saturated rings. The lowest BCUT2D eigenvalue weighted by atomic mass is 10.1. The first-order chi connectivity index (χ1) is 9.16. The van der Waals surface area contributed by atoms with Gasteiger partial charge in [-0.15, -0.1) is 0 Å². The zero-order valence-corrected chi connectivity index (χ0v) is 10.6. The molecule has 0 aliphatic carbocycles. The Hall–Kier alpha value is -1.69. The van der Waals surface area contributed by atoms with Gasteiger partial charge in [0.05, 0.1) is 11.0 Å². The molecule has 0 bridgehead atoms. The van der Waals surface area contributed by atoms with Crippen LogP contribution in [0.3, 0.4) is 0 Å². The molecule has 6 heteroatoms. The minimum absolute atomic E-state index is 0.106. The molecule has 1 unspecified atom stereocenters. The van der Waals surface area contributed by atoms with E-state index in [4.69, 9.17) is 4.74 Å². The molecule has 2 rings (SSSR count). The molecule has 104 valence electrons. The summed E-state index contributed by atoms with van der Waals surface area (Å²) in [6.07, 6.45) is 4.25. The van der Waals surface area contributed by atoms with Crippen LogP contribution in [-0.2, 0) is 4.74 Å². The van der Waals surface area contributed by atoms with Gasteiger partial charge in [0, 0.05) is 25.3 Å². The van der Waals surface area contributed by atoms with Gasteiger partial charge in [-0.3, -0.25) is 10.1 Å². The second-order valence-corrected chi connectivity index (χ2v) is 4.62. The Morgan fingerprint density at radius 3 is 3.00 bits per heavy atom. The highest BCUT2D eigenvalue weighted by molar-refractivity contribution is 5.61. The van der Waals surface area contributed by atoms with Gasteiger partial charge in [0.1, 0.15) is 11.5 Å². The lowest BCUT2D eigenvalue weighted by Gasteiger charge is -2.22. The molecule has 0 amide bonds. The van der Waals surface area contributed by atoms with Gasteiger partial charge in [-0.2, -0.15) is 0 Å². The van der Waals surface area contributed by atoms with E-state index in [-0.39, 0.29) is 17.5 Å². The standard InChI is InChI=1S/C13H17FN2O3/c14-10-4-5-13(16(17)18)12(9-10)15-7-6-11-3-1-2-8-19-11/h4-5,9,11,15H,1-3,6-8H2. The van der Waals surface area contributed by atoms with Crippen LogP contribution in [0.4, 0.5) is 15.8 Å². The van der Waals surface area contributed by atoms with Gasteiger partial charge in [0.2, 0.25) is 0 Å². The fraction of sp³-hybridized carbons (Fsp3) is 0.538. The van der Waals surface area contributed by atoms with Crippen molar-refractivity contribution in [3.63, 3.8) is 0 Å². The minimum atomic E-state index is -0.515. The first-order valence-electron chi connectivity index (χ1n) is 6.46. The van der Waals surface area contributed by atoms with Gasteiger partial charge < -0.3 is 10.1 Å². The van der Waals surface area contributed by atoms with E-state index in [1.807, 2.05) is 0 Å². The molecule has 1 N–H and O–H groups in total. The zero-order valence-electron chi connectivity index (χ0n) is 10.6. The smallest absolute Gasteiger partial charge is 0.292 e. The molecule has 0 aromatic heterocycles. The Balaban J connectivity index is 1.91. The monoisotopic (exact) mass is 268 g/mol. The summed E-state index contributed by atoms with van der Waals surface area (Å²) < 4.78 is 18.7. The van der Waals surface area contributed by atoms with Crippen LogP contribution >= 0.6 is 0 Å². The summed E-state index contributed by atoms with van der Waals surface area (Å²) in [5, 5.41) is 13.7. The highest BCUT2D eigenvalue weighted by Crippen LogP contribution is 2.25. The number of benzene rings is 1. The molecule has 1 heterocycles. The average Bonchev–Trinajstić information content (AvgIpc) is 2.39. The fourth-order valence-corrected chi connectivity index (χ4v) is 2.21. The molecule has 1 saturated heterocycles.